The van der Waals surface area contributed by atoms with Gasteiger partial charge in [-0.05, 0) is 100.0 Å². The molecular formula is C62H58FIrN3O-2. The number of hydrogen-bond acceptors (Lipinski definition) is 3. The first kappa shape index (κ1) is 42.9. The smallest absolute Gasteiger partial charge is 0.121 e. The van der Waals surface area contributed by atoms with E-state index in [4.69, 9.17) is 12.1 Å². The van der Waals surface area contributed by atoms with E-state index in [2.05, 4.69) is 78.9 Å². The first-order valence-electron chi connectivity index (χ1n) is 24.8. The first-order chi connectivity index (χ1) is 33.5. The molecule has 0 amide bonds. The Morgan fingerprint density at radius 2 is 1.31 bits per heavy atom. The van der Waals surface area contributed by atoms with Crippen LogP contribution in [0.15, 0.2) is 168 Å². The van der Waals surface area contributed by atoms with E-state index in [1.54, 1.807) is 18.3 Å². The molecule has 68 heavy (non-hydrogen) atoms. The maximum Gasteiger partial charge on any atom is 0.121 e. The number of aromatic nitrogens is 3. The van der Waals surface area contributed by atoms with Crippen molar-refractivity contribution >= 4 is 33.0 Å². The summed E-state index contributed by atoms with van der Waals surface area (Å²) in [6.07, 6.45) is -0.334. The predicted octanol–water partition coefficient (Wildman–Crippen LogP) is 17.1. The molecule has 3 heterocycles. The summed E-state index contributed by atoms with van der Waals surface area (Å²) in [6.45, 7) is 16.6. The number of halogens is 1. The van der Waals surface area contributed by atoms with Gasteiger partial charge in [-0.1, -0.05) is 163 Å². The average Bonchev–Trinajstić information content (AvgIpc) is 3.92. The van der Waals surface area contributed by atoms with Crippen molar-refractivity contribution in [2.24, 2.45) is 0 Å². The predicted molar refractivity (Wildman–Crippen MR) is 278 cm³/mol. The molecule has 6 heteroatoms. The summed E-state index contributed by atoms with van der Waals surface area (Å²) < 4.78 is 59.0. The maximum atomic E-state index is 14.7. The summed E-state index contributed by atoms with van der Waals surface area (Å²) in [5.41, 5.74) is 11.2. The Morgan fingerprint density at radius 1 is 0.676 bits per heavy atom. The number of para-hydroxylation sites is 2. The van der Waals surface area contributed by atoms with E-state index < -0.39 is 23.8 Å². The zero-order valence-corrected chi connectivity index (χ0v) is 42.4. The molecule has 1 radical (unpaired) electrons. The number of imidazole rings is 1. The van der Waals surface area contributed by atoms with Crippen LogP contribution in [0.3, 0.4) is 0 Å². The second-order valence-electron chi connectivity index (χ2n) is 19.1. The van der Waals surface area contributed by atoms with Crippen molar-refractivity contribution < 1.29 is 34.4 Å². The van der Waals surface area contributed by atoms with Gasteiger partial charge >= 0.3 is 0 Å². The average molecular weight is 1080 g/mol. The van der Waals surface area contributed by atoms with Gasteiger partial charge in [-0.2, -0.15) is 0 Å². The Balaban J connectivity index is 0.000000305. The molecule has 3 aromatic heterocycles. The third-order valence-electron chi connectivity index (χ3n) is 12.0. The number of fused-ring (bicyclic) bond motifs is 4. The van der Waals surface area contributed by atoms with Gasteiger partial charge in [0.25, 0.3) is 0 Å². The number of hydrogen-bond donors (Lipinski definition) is 0. The standard InChI is InChI=1S/C45H46FN2O.C17H12N.Ir/c1-27(2)36-24-32(44(5,6)7)25-37(28(3)4)41(36)48-39-16-11-10-15-38(39)47-43(48)35-14-12-13-34-33-22-21-31(23-40(33)49-42(34)35)30-19-17-29(18-20-30)26-45(8,9)46;1-2-7-14(8-3-1)15-9-6-10-16(13-15)17-11-4-5-12-18-17;/h10-13,15-25,27-28H,26H2,1-9H3;1-9,11-13H;/q2*-1;/i26D2,27D,28D;;. The number of alkyl halides is 1. The maximum absolute atomic E-state index is 14.7. The fraction of sp³-hybridized carbons (Fsp3) is 0.226. The van der Waals surface area contributed by atoms with Crippen molar-refractivity contribution in [2.45, 2.75) is 91.6 Å². The first-order valence-corrected chi connectivity index (χ1v) is 22.8. The molecule has 0 N–H and O–H groups in total. The Bertz CT molecular complexity index is 3450. The molecule has 10 rings (SSSR count). The van der Waals surface area contributed by atoms with Crippen LogP contribution in [0, 0.1) is 12.1 Å². The van der Waals surface area contributed by atoms with Crippen molar-refractivity contribution in [3.63, 3.8) is 0 Å². The van der Waals surface area contributed by atoms with E-state index in [1.165, 1.54) is 25.0 Å². The summed E-state index contributed by atoms with van der Waals surface area (Å²) in [7, 11) is 0. The zero-order chi connectivity index (χ0) is 50.7. The van der Waals surface area contributed by atoms with Crippen LogP contribution in [0.25, 0.3) is 83.6 Å². The monoisotopic (exact) mass is 1080 g/mol. The Morgan fingerprint density at radius 3 is 1.97 bits per heavy atom. The number of rotatable bonds is 9. The molecule has 7 aromatic carbocycles. The number of furan rings is 1. The van der Waals surface area contributed by atoms with Crippen LogP contribution in [-0.2, 0) is 31.9 Å². The van der Waals surface area contributed by atoms with E-state index in [-0.39, 0.29) is 31.1 Å². The molecule has 10 aromatic rings. The quantitative estimate of drug-likeness (QED) is 0.135. The molecule has 0 aliphatic rings. The molecule has 0 bridgehead atoms. The van der Waals surface area contributed by atoms with Gasteiger partial charge in [-0.25, -0.2) is 4.39 Å². The third-order valence-corrected chi connectivity index (χ3v) is 12.0. The van der Waals surface area contributed by atoms with Gasteiger partial charge in [0.15, 0.2) is 0 Å². The Hall–Kier alpha value is -6.46. The topological polar surface area (TPSA) is 43.9 Å². The Labute approximate surface area is 420 Å². The van der Waals surface area contributed by atoms with Crippen LogP contribution >= 0.6 is 0 Å². The van der Waals surface area contributed by atoms with E-state index in [0.29, 0.717) is 22.6 Å². The molecular weight excluding hydrogens is 1010 g/mol. The van der Waals surface area contributed by atoms with Gasteiger partial charge in [0.05, 0.1) is 22.4 Å². The summed E-state index contributed by atoms with van der Waals surface area (Å²) >= 11 is 0. The third kappa shape index (κ3) is 10.0. The van der Waals surface area contributed by atoms with E-state index in [0.717, 1.165) is 66.6 Å². The van der Waals surface area contributed by atoms with Crippen LogP contribution in [0.2, 0.25) is 0 Å². The molecule has 4 nitrogen and oxygen atoms in total. The molecule has 0 spiro atoms. The van der Waals surface area contributed by atoms with Crippen molar-refractivity contribution in [2.75, 3.05) is 0 Å². The number of nitrogens with zero attached hydrogens (tertiary/aromatic N) is 3. The Kier molecular flexibility index (Phi) is 12.4. The molecule has 0 atom stereocenters. The molecule has 0 aliphatic carbocycles. The van der Waals surface area contributed by atoms with Crippen molar-refractivity contribution in [3.8, 4) is 50.6 Å². The summed E-state index contributed by atoms with van der Waals surface area (Å²) in [5, 5.41) is 1.82. The van der Waals surface area contributed by atoms with Gasteiger partial charge in [0, 0.05) is 49.2 Å². The van der Waals surface area contributed by atoms with Crippen molar-refractivity contribution in [1.82, 2.24) is 14.5 Å². The van der Waals surface area contributed by atoms with Crippen LogP contribution in [0.1, 0.15) is 102 Å². The summed E-state index contributed by atoms with van der Waals surface area (Å²) in [5.74, 6) is -1.40. The van der Waals surface area contributed by atoms with Crippen LogP contribution in [0.5, 0.6) is 0 Å². The van der Waals surface area contributed by atoms with Crippen LogP contribution < -0.4 is 0 Å². The normalized spacial score (nSPS) is 13.3. The minimum absolute atomic E-state index is 0. The second-order valence-corrected chi connectivity index (χ2v) is 19.1. The molecule has 0 unspecified atom stereocenters. The van der Waals surface area contributed by atoms with Gasteiger partial charge in [0.2, 0.25) is 0 Å². The van der Waals surface area contributed by atoms with E-state index in [9.17, 15) is 7.13 Å². The van der Waals surface area contributed by atoms with Crippen molar-refractivity contribution in [3.05, 3.63) is 198 Å². The van der Waals surface area contributed by atoms with E-state index >= 15 is 0 Å². The molecule has 0 fully saturated rings. The molecule has 0 aliphatic heterocycles. The summed E-state index contributed by atoms with van der Waals surface area (Å²) in [6, 6.07) is 58.1. The minimum atomic E-state index is -2.14. The fourth-order valence-electron chi connectivity index (χ4n) is 8.61. The number of pyridine rings is 1. The molecule has 0 saturated carbocycles. The largest absolute Gasteiger partial charge is 0.501 e. The van der Waals surface area contributed by atoms with Crippen LogP contribution in [0.4, 0.5) is 4.39 Å². The molecule has 345 valence electrons. The second kappa shape index (κ2) is 19.6. The van der Waals surface area contributed by atoms with Gasteiger partial charge < -0.3 is 14.0 Å². The fourth-order valence-corrected chi connectivity index (χ4v) is 8.61. The zero-order valence-electron chi connectivity index (χ0n) is 44.0. The SMILES string of the molecule is [2H]C(C)(C)c1cc(C(C)(C)C)cc(C([2H])(C)C)c1-n1c(-c2[c-]ccc3c2oc2cc(-c4ccc(C([2H])([2H])C(C)(C)F)cc4)ccc23)nc2ccccc21.[Ir].[c-]1ccc(-c2ccccc2)cc1-c1ccccn1. The van der Waals surface area contributed by atoms with Crippen molar-refractivity contribution in [1.29, 1.82) is 0 Å². The minimum Gasteiger partial charge on any atom is -0.501 e. The number of benzene rings is 7. The van der Waals surface area contributed by atoms with Gasteiger partial charge in [-0.15, -0.1) is 53.6 Å². The van der Waals surface area contributed by atoms with E-state index in [1.807, 2.05) is 137 Å². The summed E-state index contributed by atoms with van der Waals surface area (Å²) in [4.78, 5) is 9.55. The van der Waals surface area contributed by atoms with Gasteiger partial charge in [-0.3, -0.25) is 4.98 Å². The molecule has 0 saturated heterocycles. The van der Waals surface area contributed by atoms with Crippen LogP contribution in [-0.4, -0.2) is 20.2 Å². The van der Waals surface area contributed by atoms with Gasteiger partial charge in [0.1, 0.15) is 11.3 Å².